The van der Waals surface area contributed by atoms with Gasteiger partial charge in [-0.1, -0.05) is 34.1 Å². The molecule has 4 aliphatic carbocycles. The number of aliphatic hydroxyl groups excluding tert-OH is 2. The maximum atomic E-state index is 11.7. The Balaban J connectivity index is 1.61. The number of carboxylic acids is 1. The Morgan fingerprint density at radius 1 is 1.00 bits per heavy atom. The molecule has 4 saturated carbocycles. The Kier molecular flexibility index (Phi) is 6.07. The first-order valence-electron chi connectivity index (χ1n) is 12.7. The van der Waals surface area contributed by atoms with Gasteiger partial charge in [0, 0.05) is 6.42 Å². The quantitative estimate of drug-likeness (QED) is 0.577. The molecule has 0 aromatic carbocycles. The van der Waals surface area contributed by atoms with Crippen molar-refractivity contribution < 1.29 is 20.1 Å². The van der Waals surface area contributed by atoms with Gasteiger partial charge in [-0.15, -0.1) is 0 Å². The van der Waals surface area contributed by atoms with Crippen molar-refractivity contribution in [3.05, 3.63) is 0 Å². The highest BCUT2D eigenvalue weighted by atomic mass is 16.4. The summed E-state index contributed by atoms with van der Waals surface area (Å²) in [5, 5.41) is 31.3. The van der Waals surface area contributed by atoms with Gasteiger partial charge < -0.3 is 15.3 Å². The van der Waals surface area contributed by atoms with E-state index in [1.165, 1.54) is 25.7 Å². The number of hydrogen-bond acceptors (Lipinski definition) is 3. The first-order valence-corrected chi connectivity index (χ1v) is 12.7. The van der Waals surface area contributed by atoms with E-state index in [-0.39, 0.29) is 29.5 Å². The third-order valence-electron chi connectivity index (χ3n) is 11.0. The van der Waals surface area contributed by atoms with E-state index in [1.54, 1.807) is 0 Å². The van der Waals surface area contributed by atoms with Crippen LogP contribution in [0.25, 0.3) is 0 Å². The second kappa shape index (κ2) is 8.06. The fraction of sp³-hybridized carbons (Fsp3) is 0.962. The highest BCUT2D eigenvalue weighted by Gasteiger charge is 2.64. The number of carbonyl (C=O) groups is 1. The molecule has 4 aliphatic rings. The van der Waals surface area contributed by atoms with Crippen molar-refractivity contribution in [1.29, 1.82) is 0 Å². The molecule has 0 heterocycles. The average Bonchev–Trinajstić information content (AvgIpc) is 3.05. The van der Waals surface area contributed by atoms with Crippen LogP contribution in [0.2, 0.25) is 0 Å². The maximum absolute atomic E-state index is 11.7. The smallest absolute Gasteiger partial charge is 0.303 e. The summed E-state index contributed by atoms with van der Waals surface area (Å²) in [6, 6.07) is 0. The molecule has 11 atom stereocenters. The van der Waals surface area contributed by atoms with Gasteiger partial charge in [-0.2, -0.15) is 0 Å². The van der Waals surface area contributed by atoms with Gasteiger partial charge in [-0.25, -0.2) is 0 Å². The SMILES string of the molecule is CCC1[C@@H](O)[C@@H]2[C@H](CC[C@]3(C)[C@@H]([C@H](C)CCC(=O)O)CC[C@@H]23)[C@@]2(C)CCC(O)C[C@@H]12. The molecule has 4 nitrogen and oxygen atoms in total. The van der Waals surface area contributed by atoms with E-state index in [9.17, 15) is 15.0 Å². The Bertz CT molecular complexity index is 649. The summed E-state index contributed by atoms with van der Waals surface area (Å²) >= 11 is 0. The molecule has 30 heavy (non-hydrogen) atoms. The lowest BCUT2D eigenvalue weighted by Gasteiger charge is -2.64. The largest absolute Gasteiger partial charge is 0.481 e. The average molecular weight is 421 g/mol. The fourth-order valence-electron chi connectivity index (χ4n) is 9.48. The van der Waals surface area contributed by atoms with Crippen LogP contribution >= 0.6 is 0 Å². The molecule has 0 aromatic rings. The van der Waals surface area contributed by atoms with Gasteiger partial charge in [0.25, 0.3) is 0 Å². The van der Waals surface area contributed by atoms with Crippen molar-refractivity contribution in [3.63, 3.8) is 0 Å². The molecule has 0 aromatic heterocycles. The van der Waals surface area contributed by atoms with E-state index in [0.29, 0.717) is 41.4 Å². The second-order valence-corrected chi connectivity index (χ2v) is 12.0. The predicted molar refractivity (Wildman–Crippen MR) is 118 cm³/mol. The second-order valence-electron chi connectivity index (χ2n) is 12.0. The summed E-state index contributed by atoms with van der Waals surface area (Å²) in [5.74, 6) is 2.58. The number of aliphatic carboxylic acids is 1. The molecule has 0 bridgehead atoms. The molecule has 4 heteroatoms. The highest BCUT2D eigenvalue weighted by Crippen LogP contribution is 2.69. The van der Waals surface area contributed by atoms with Gasteiger partial charge in [-0.3, -0.25) is 4.79 Å². The molecule has 0 radical (unpaired) electrons. The van der Waals surface area contributed by atoms with Crippen LogP contribution in [-0.4, -0.2) is 33.5 Å². The molecule has 4 fully saturated rings. The Labute approximate surface area is 182 Å². The molecular weight excluding hydrogens is 376 g/mol. The van der Waals surface area contributed by atoms with Crippen molar-refractivity contribution in [1.82, 2.24) is 0 Å². The first-order chi connectivity index (χ1) is 14.1. The summed E-state index contributed by atoms with van der Waals surface area (Å²) in [4.78, 5) is 11.1. The van der Waals surface area contributed by atoms with E-state index in [1.807, 2.05) is 0 Å². The summed E-state index contributed by atoms with van der Waals surface area (Å²) in [5.41, 5.74) is 0.480. The van der Waals surface area contributed by atoms with Crippen LogP contribution < -0.4 is 0 Å². The monoisotopic (exact) mass is 420 g/mol. The van der Waals surface area contributed by atoms with Crippen molar-refractivity contribution in [3.8, 4) is 0 Å². The molecule has 2 unspecified atom stereocenters. The summed E-state index contributed by atoms with van der Waals surface area (Å²) < 4.78 is 0. The normalized spacial score (nSPS) is 51.5. The molecule has 0 saturated heterocycles. The van der Waals surface area contributed by atoms with Gasteiger partial charge in [0.1, 0.15) is 0 Å². The lowest BCUT2D eigenvalue weighted by atomic mass is 9.41. The van der Waals surface area contributed by atoms with Crippen molar-refractivity contribution >= 4 is 5.97 Å². The van der Waals surface area contributed by atoms with Crippen LogP contribution in [0.1, 0.15) is 91.9 Å². The van der Waals surface area contributed by atoms with Crippen molar-refractivity contribution in [2.45, 2.75) is 104 Å². The van der Waals surface area contributed by atoms with Gasteiger partial charge in [0.2, 0.25) is 0 Å². The van der Waals surface area contributed by atoms with E-state index >= 15 is 0 Å². The first kappa shape index (κ1) is 22.6. The molecule has 4 rings (SSSR count). The number of rotatable bonds is 5. The lowest BCUT2D eigenvalue weighted by molar-refractivity contribution is -0.203. The van der Waals surface area contributed by atoms with Crippen LogP contribution in [0.3, 0.4) is 0 Å². The van der Waals surface area contributed by atoms with Crippen LogP contribution in [0.4, 0.5) is 0 Å². The van der Waals surface area contributed by atoms with E-state index < -0.39 is 5.97 Å². The number of fused-ring (bicyclic) bond motifs is 5. The van der Waals surface area contributed by atoms with Crippen molar-refractivity contribution in [2.24, 2.45) is 52.3 Å². The lowest BCUT2D eigenvalue weighted by Crippen LogP contribution is -2.62. The van der Waals surface area contributed by atoms with Crippen molar-refractivity contribution in [2.75, 3.05) is 0 Å². The number of carboxylic acid groups (broad SMARTS) is 1. The Morgan fingerprint density at radius 2 is 1.67 bits per heavy atom. The third-order valence-corrected chi connectivity index (χ3v) is 11.0. The predicted octanol–water partition coefficient (Wildman–Crippen LogP) is 5.11. The summed E-state index contributed by atoms with van der Waals surface area (Å²) in [6.45, 7) is 9.44. The zero-order chi connectivity index (χ0) is 21.8. The Hall–Kier alpha value is -0.610. The van der Waals surface area contributed by atoms with E-state index in [4.69, 9.17) is 5.11 Å². The van der Waals surface area contributed by atoms with Crippen LogP contribution in [0, 0.1) is 52.3 Å². The number of aliphatic hydroxyl groups is 2. The third kappa shape index (κ3) is 3.36. The van der Waals surface area contributed by atoms with Gasteiger partial charge in [0.05, 0.1) is 12.2 Å². The minimum Gasteiger partial charge on any atom is -0.481 e. The zero-order valence-corrected chi connectivity index (χ0v) is 19.5. The van der Waals surface area contributed by atoms with Crippen LogP contribution in [0.15, 0.2) is 0 Å². The molecule has 3 N–H and O–H groups in total. The van der Waals surface area contributed by atoms with Crippen LogP contribution in [0.5, 0.6) is 0 Å². The molecular formula is C26H44O4. The Morgan fingerprint density at radius 3 is 2.33 bits per heavy atom. The summed E-state index contributed by atoms with van der Waals surface area (Å²) in [6.07, 6.45) is 9.27. The molecule has 172 valence electrons. The van der Waals surface area contributed by atoms with Gasteiger partial charge >= 0.3 is 5.97 Å². The topological polar surface area (TPSA) is 77.8 Å². The standard InChI is InChI=1S/C26H44O4/c1-5-17-21-14-16(27)10-12-26(21,4)20-11-13-25(3)18(15(2)6-9-22(28)29)7-8-19(25)23(20)24(17)30/h15-21,23-24,27,30H,5-14H2,1-4H3,(H,28,29)/t15-,16?,17?,18-,19+,20+,21+,23+,24-,25-,26-/m1/s1. The fourth-order valence-corrected chi connectivity index (χ4v) is 9.48. The zero-order valence-electron chi connectivity index (χ0n) is 19.5. The molecule has 0 aliphatic heterocycles. The summed E-state index contributed by atoms with van der Waals surface area (Å²) in [7, 11) is 0. The molecule has 0 spiro atoms. The maximum Gasteiger partial charge on any atom is 0.303 e. The minimum atomic E-state index is -0.683. The van der Waals surface area contributed by atoms with E-state index in [0.717, 1.165) is 32.1 Å². The van der Waals surface area contributed by atoms with Gasteiger partial charge in [-0.05, 0) is 104 Å². The van der Waals surface area contributed by atoms with Gasteiger partial charge in [0.15, 0.2) is 0 Å². The molecule has 0 amide bonds. The van der Waals surface area contributed by atoms with Crippen LogP contribution in [-0.2, 0) is 4.79 Å². The number of hydrogen-bond donors (Lipinski definition) is 3. The highest BCUT2D eigenvalue weighted by molar-refractivity contribution is 5.66. The minimum absolute atomic E-state index is 0.194. The van der Waals surface area contributed by atoms with E-state index in [2.05, 4.69) is 27.7 Å².